The molecule has 0 aliphatic heterocycles. The van der Waals surface area contributed by atoms with Gasteiger partial charge in [-0.15, -0.1) is 12.4 Å². The van der Waals surface area contributed by atoms with E-state index in [0.29, 0.717) is 6.42 Å². The molecule has 0 amide bonds. The van der Waals surface area contributed by atoms with Crippen molar-refractivity contribution >= 4 is 18.4 Å². The minimum absolute atomic E-state index is 0. The number of hydrogen-bond donors (Lipinski definition) is 2. The van der Waals surface area contributed by atoms with Crippen molar-refractivity contribution in [2.45, 2.75) is 19.8 Å². The average Bonchev–Trinajstić information content (AvgIpc) is 1.72. The molecule has 0 aromatic carbocycles. The first-order valence-corrected chi connectivity index (χ1v) is 2.57. The number of carbonyl (C=O) groups is 1. The van der Waals surface area contributed by atoms with Gasteiger partial charge in [-0.05, 0) is 13.5 Å². The van der Waals surface area contributed by atoms with Gasteiger partial charge in [0.2, 0.25) is 0 Å². The van der Waals surface area contributed by atoms with Gasteiger partial charge >= 0.3 is 5.97 Å². The summed E-state index contributed by atoms with van der Waals surface area (Å²) in [6.45, 7) is 1.84. The fraction of sp³-hybridized carbons (Fsp3) is 0.800. The number of carboxylic acids is 1. The lowest BCUT2D eigenvalue weighted by Crippen LogP contribution is -1.90. The maximum absolute atomic E-state index is 9.60. The second kappa shape index (κ2) is 15.6. The second-order valence-corrected chi connectivity index (χ2v) is 1.14. The van der Waals surface area contributed by atoms with Crippen LogP contribution < -0.4 is 5.73 Å². The van der Waals surface area contributed by atoms with Crippen LogP contribution in [0, 0.1) is 0 Å². The molecule has 0 unspecified atom stereocenters. The molecule has 3 N–H and O–H groups in total. The molecule has 3 nitrogen and oxygen atoms in total. The van der Waals surface area contributed by atoms with Gasteiger partial charge in [-0.2, -0.15) is 0 Å². The third kappa shape index (κ3) is 34.1. The number of carboxylic acid groups (broad SMARTS) is 1. The van der Waals surface area contributed by atoms with E-state index in [9.17, 15) is 4.79 Å². The van der Waals surface area contributed by atoms with Crippen LogP contribution in [0.5, 0.6) is 0 Å². The number of nitrogens with two attached hydrogens (primary N) is 1. The van der Waals surface area contributed by atoms with Crippen LogP contribution in [0.4, 0.5) is 0 Å². The average molecular weight is 156 g/mol. The van der Waals surface area contributed by atoms with E-state index in [-0.39, 0.29) is 12.4 Å². The predicted octanol–water partition coefficient (Wildman–Crippen LogP) is 0.868. The molecule has 0 aromatic rings. The molecule has 0 radical (unpaired) electrons. The normalized spacial score (nSPS) is 6.11. The minimum Gasteiger partial charge on any atom is -0.481 e. The lowest BCUT2D eigenvalue weighted by molar-refractivity contribution is -0.137. The van der Waals surface area contributed by atoms with Gasteiger partial charge in [0.15, 0.2) is 0 Å². The summed E-state index contributed by atoms with van der Waals surface area (Å²) in [6, 6.07) is 0. The number of aliphatic carboxylic acids is 1. The van der Waals surface area contributed by atoms with Gasteiger partial charge in [0.25, 0.3) is 0 Å². The topological polar surface area (TPSA) is 63.3 Å². The summed E-state index contributed by atoms with van der Waals surface area (Å²) in [5.74, 6) is -0.711. The summed E-state index contributed by atoms with van der Waals surface area (Å²) in [5.41, 5.74) is 4.50. The van der Waals surface area contributed by atoms with Gasteiger partial charge in [0, 0.05) is 6.42 Å². The van der Waals surface area contributed by atoms with Crippen LogP contribution in [0.15, 0.2) is 0 Å². The first kappa shape index (κ1) is 15.9. The summed E-state index contributed by atoms with van der Waals surface area (Å²) in [4.78, 5) is 9.60. The molecule has 0 aliphatic carbocycles. The van der Waals surface area contributed by atoms with Crippen LogP contribution in [0.2, 0.25) is 0 Å². The molecular formula is C5H14ClNO2. The highest BCUT2D eigenvalue weighted by Gasteiger charge is 1.87. The summed E-state index contributed by atoms with van der Waals surface area (Å²) in [6.07, 6.45) is 1.02. The zero-order chi connectivity index (χ0) is 6.99. The zero-order valence-corrected chi connectivity index (χ0v) is 6.57. The van der Waals surface area contributed by atoms with Gasteiger partial charge in [0.05, 0.1) is 0 Å². The van der Waals surface area contributed by atoms with Gasteiger partial charge in [-0.1, -0.05) is 6.92 Å². The first-order chi connectivity index (χ1) is 3.77. The molecule has 0 aliphatic rings. The Labute approximate surface area is 61.7 Å². The molecular weight excluding hydrogens is 142 g/mol. The smallest absolute Gasteiger partial charge is 0.303 e. The van der Waals surface area contributed by atoms with Crippen LogP contribution in [0.1, 0.15) is 19.8 Å². The fourth-order valence-corrected chi connectivity index (χ4v) is 0.214. The summed E-state index contributed by atoms with van der Waals surface area (Å²) >= 11 is 0. The van der Waals surface area contributed by atoms with E-state index < -0.39 is 5.97 Å². The predicted molar refractivity (Wildman–Crippen MR) is 39.9 cm³/mol. The third-order valence-electron chi connectivity index (χ3n) is 0.464. The lowest BCUT2D eigenvalue weighted by atomic mass is 10.4. The molecule has 0 spiro atoms. The Morgan fingerprint density at radius 1 is 1.56 bits per heavy atom. The van der Waals surface area contributed by atoms with E-state index >= 15 is 0 Å². The maximum Gasteiger partial charge on any atom is 0.303 e. The van der Waals surface area contributed by atoms with E-state index in [1.165, 1.54) is 7.05 Å². The van der Waals surface area contributed by atoms with Crippen molar-refractivity contribution in [3.05, 3.63) is 0 Å². The van der Waals surface area contributed by atoms with Crippen LogP contribution in [0.25, 0.3) is 0 Å². The van der Waals surface area contributed by atoms with E-state index in [1.54, 1.807) is 0 Å². The van der Waals surface area contributed by atoms with Gasteiger partial charge in [-0.3, -0.25) is 4.79 Å². The SMILES string of the molecule is CCCC(=O)O.CN.Cl. The minimum atomic E-state index is -0.711. The Morgan fingerprint density at radius 2 is 1.89 bits per heavy atom. The van der Waals surface area contributed by atoms with Crippen molar-refractivity contribution in [1.29, 1.82) is 0 Å². The van der Waals surface area contributed by atoms with Crippen LogP contribution in [0.3, 0.4) is 0 Å². The van der Waals surface area contributed by atoms with Crippen LogP contribution in [-0.4, -0.2) is 18.1 Å². The van der Waals surface area contributed by atoms with Crippen molar-refractivity contribution in [2.75, 3.05) is 7.05 Å². The molecule has 0 saturated carbocycles. The molecule has 0 fully saturated rings. The summed E-state index contributed by atoms with van der Waals surface area (Å²) in [7, 11) is 1.50. The largest absolute Gasteiger partial charge is 0.481 e. The third-order valence-corrected chi connectivity index (χ3v) is 0.464. The van der Waals surface area contributed by atoms with Crippen molar-refractivity contribution in [3.63, 3.8) is 0 Å². The highest BCUT2D eigenvalue weighted by Crippen LogP contribution is 1.82. The number of hydrogen-bond acceptors (Lipinski definition) is 2. The Balaban J connectivity index is -0.000000109. The van der Waals surface area contributed by atoms with Crippen molar-refractivity contribution in [2.24, 2.45) is 5.73 Å². The number of rotatable bonds is 2. The van der Waals surface area contributed by atoms with Crippen LogP contribution >= 0.6 is 12.4 Å². The van der Waals surface area contributed by atoms with Crippen LogP contribution in [-0.2, 0) is 4.79 Å². The summed E-state index contributed by atoms with van der Waals surface area (Å²) < 4.78 is 0. The highest BCUT2D eigenvalue weighted by atomic mass is 35.5. The molecule has 4 heteroatoms. The number of halogens is 1. The fourth-order valence-electron chi connectivity index (χ4n) is 0.214. The first-order valence-electron chi connectivity index (χ1n) is 2.57. The van der Waals surface area contributed by atoms with Gasteiger partial charge < -0.3 is 10.8 Å². The van der Waals surface area contributed by atoms with E-state index in [1.807, 2.05) is 6.92 Å². The van der Waals surface area contributed by atoms with Crippen molar-refractivity contribution in [3.8, 4) is 0 Å². The van der Waals surface area contributed by atoms with Gasteiger partial charge in [-0.25, -0.2) is 0 Å². The van der Waals surface area contributed by atoms with E-state index in [0.717, 1.165) is 6.42 Å². The Bertz CT molecular complexity index is 58.9. The standard InChI is InChI=1S/C4H8O2.CH5N.ClH/c1-2-3-4(5)6;1-2;/h2-3H2,1H3,(H,5,6);2H2,1H3;1H. The van der Waals surface area contributed by atoms with Crippen molar-refractivity contribution < 1.29 is 9.90 Å². The van der Waals surface area contributed by atoms with Gasteiger partial charge in [0.1, 0.15) is 0 Å². The Kier molecular flexibility index (Phi) is 27.6. The summed E-state index contributed by atoms with van der Waals surface area (Å²) in [5, 5.41) is 7.91. The molecule has 9 heavy (non-hydrogen) atoms. The lowest BCUT2D eigenvalue weighted by Gasteiger charge is -1.79. The molecule has 0 bridgehead atoms. The maximum atomic E-state index is 9.60. The van der Waals surface area contributed by atoms with E-state index in [2.05, 4.69) is 5.73 Å². The van der Waals surface area contributed by atoms with Crippen molar-refractivity contribution in [1.82, 2.24) is 0 Å². The molecule has 0 heterocycles. The second-order valence-electron chi connectivity index (χ2n) is 1.14. The molecule has 0 aromatic heterocycles. The Hall–Kier alpha value is -0.280. The molecule has 0 saturated heterocycles. The highest BCUT2D eigenvalue weighted by molar-refractivity contribution is 5.85. The molecule has 0 atom stereocenters. The Morgan fingerprint density at radius 3 is 1.89 bits per heavy atom. The monoisotopic (exact) mass is 155 g/mol. The quantitative estimate of drug-likeness (QED) is 0.622. The zero-order valence-electron chi connectivity index (χ0n) is 5.76. The molecule has 58 valence electrons. The van der Waals surface area contributed by atoms with E-state index in [4.69, 9.17) is 5.11 Å². The molecule has 0 rings (SSSR count).